The minimum Gasteiger partial charge on any atom is -0.508 e. The van der Waals surface area contributed by atoms with Crippen LogP contribution in [0.5, 0.6) is 11.5 Å². The zero-order valence-corrected chi connectivity index (χ0v) is 10.5. The number of aryl methyl sites for hydroxylation is 1. The maximum absolute atomic E-state index is 11.9. The summed E-state index contributed by atoms with van der Waals surface area (Å²) < 4.78 is 5.27. The zero-order valence-electron chi connectivity index (χ0n) is 9.71. The summed E-state index contributed by atoms with van der Waals surface area (Å²) in [5.74, 6) is -0.0485. The fraction of sp³-hybridized carbons (Fsp3) is 0.231. The van der Waals surface area contributed by atoms with Crippen molar-refractivity contribution in [2.75, 3.05) is 0 Å². The molecule has 3 rings (SSSR count). The number of phenolic OH excluding ortho intramolecular Hbond substituents is 1. The van der Waals surface area contributed by atoms with Crippen molar-refractivity contribution in [1.82, 2.24) is 4.98 Å². The molecule has 92 valence electrons. The van der Waals surface area contributed by atoms with Crippen molar-refractivity contribution in [3.05, 3.63) is 39.8 Å². The van der Waals surface area contributed by atoms with Crippen molar-refractivity contribution in [3.63, 3.8) is 0 Å². The lowest BCUT2D eigenvalue weighted by Gasteiger charge is -2.22. The first-order chi connectivity index (χ1) is 8.65. The van der Waals surface area contributed by atoms with Crippen LogP contribution in [-0.2, 0) is 11.2 Å². The van der Waals surface area contributed by atoms with Crippen LogP contribution in [0.4, 0.5) is 0 Å². The topological polar surface area (TPSA) is 59.4 Å². The average molecular weight is 261 g/mol. The van der Waals surface area contributed by atoms with Gasteiger partial charge >= 0.3 is 5.97 Å². The van der Waals surface area contributed by atoms with Gasteiger partial charge in [-0.3, -0.25) is 4.79 Å². The van der Waals surface area contributed by atoms with Gasteiger partial charge in [-0.2, -0.15) is 0 Å². The summed E-state index contributed by atoms with van der Waals surface area (Å²) in [5, 5.41) is 11.5. The number of rotatable bonds is 1. The lowest BCUT2D eigenvalue weighted by Crippen LogP contribution is -2.26. The molecule has 0 spiro atoms. The van der Waals surface area contributed by atoms with Gasteiger partial charge in [0.1, 0.15) is 17.4 Å². The molecule has 1 aliphatic rings. The molecule has 0 bridgehead atoms. The van der Waals surface area contributed by atoms with E-state index in [1.807, 2.05) is 18.4 Å². The van der Waals surface area contributed by atoms with Crippen LogP contribution in [0, 0.1) is 6.92 Å². The van der Waals surface area contributed by atoms with Gasteiger partial charge in [0, 0.05) is 11.4 Å². The third-order valence-corrected chi connectivity index (χ3v) is 3.71. The predicted molar refractivity (Wildman–Crippen MR) is 67.0 cm³/mol. The maximum Gasteiger partial charge on any atom is 0.320 e. The van der Waals surface area contributed by atoms with E-state index < -0.39 is 0 Å². The number of esters is 1. The highest BCUT2D eigenvalue weighted by molar-refractivity contribution is 7.07. The first kappa shape index (κ1) is 11.2. The molecule has 1 aromatic carbocycles. The number of hydrogen-bond acceptors (Lipinski definition) is 5. The monoisotopic (exact) mass is 261 g/mol. The Kier molecular flexibility index (Phi) is 2.56. The molecule has 1 aliphatic heterocycles. The third-order valence-electron chi connectivity index (χ3n) is 3.11. The molecule has 2 heterocycles. The Morgan fingerprint density at radius 3 is 3.06 bits per heavy atom. The smallest absolute Gasteiger partial charge is 0.320 e. The number of carbonyl (C=O) groups excluding carboxylic acids is 1. The second kappa shape index (κ2) is 4.10. The number of ether oxygens (including phenoxy) is 1. The molecule has 4 nitrogen and oxygen atoms in total. The molecule has 0 aliphatic carbocycles. The van der Waals surface area contributed by atoms with Crippen molar-refractivity contribution < 1.29 is 14.6 Å². The van der Waals surface area contributed by atoms with Crippen LogP contribution in [-0.4, -0.2) is 16.1 Å². The van der Waals surface area contributed by atoms with Crippen molar-refractivity contribution in [1.29, 1.82) is 0 Å². The van der Waals surface area contributed by atoms with Gasteiger partial charge in [0.05, 0.1) is 11.2 Å². The zero-order chi connectivity index (χ0) is 12.7. The van der Waals surface area contributed by atoms with E-state index in [2.05, 4.69) is 4.98 Å². The molecule has 5 heteroatoms. The summed E-state index contributed by atoms with van der Waals surface area (Å²) in [6.45, 7) is 1.82. The molecule has 2 aromatic rings. The van der Waals surface area contributed by atoms with Crippen LogP contribution in [0.15, 0.2) is 23.0 Å². The maximum atomic E-state index is 11.9. The van der Waals surface area contributed by atoms with E-state index in [-0.39, 0.29) is 17.6 Å². The summed E-state index contributed by atoms with van der Waals surface area (Å²) in [4.78, 5) is 16.1. The first-order valence-electron chi connectivity index (χ1n) is 5.57. The number of aromatic hydroxyl groups is 1. The molecule has 0 amide bonds. The molecular formula is C13H11NO3S. The van der Waals surface area contributed by atoms with Gasteiger partial charge in [0.2, 0.25) is 0 Å². The number of fused-ring (bicyclic) bond motifs is 1. The number of nitrogens with zero attached hydrogens (tertiary/aromatic N) is 1. The third kappa shape index (κ3) is 1.76. The molecule has 1 N–H and O–H groups in total. The van der Waals surface area contributed by atoms with Crippen LogP contribution in [0.3, 0.4) is 0 Å². The van der Waals surface area contributed by atoms with Crippen LogP contribution >= 0.6 is 11.3 Å². The molecule has 1 aromatic heterocycles. The molecule has 0 saturated carbocycles. The van der Waals surface area contributed by atoms with Crippen LogP contribution < -0.4 is 4.74 Å². The van der Waals surface area contributed by atoms with E-state index in [0.29, 0.717) is 12.2 Å². The number of benzene rings is 1. The molecule has 1 atom stereocenters. The Morgan fingerprint density at radius 1 is 1.50 bits per heavy atom. The van der Waals surface area contributed by atoms with Crippen LogP contribution in [0.25, 0.3) is 0 Å². The summed E-state index contributed by atoms with van der Waals surface area (Å²) in [7, 11) is 0. The quantitative estimate of drug-likeness (QED) is 0.632. The van der Waals surface area contributed by atoms with Crippen LogP contribution in [0.2, 0.25) is 0 Å². The Morgan fingerprint density at radius 2 is 2.33 bits per heavy atom. The Balaban J connectivity index is 2.01. The molecular weight excluding hydrogens is 250 g/mol. The second-order valence-electron chi connectivity index (χ2n) is 4.34. The van der Waals surface area contributed by atoms with Crippen LogP contribution in [0.1, 0.15) is 22.7 Å². The molecule has 0 fully saturated rings. The fourth-order valence-corrected chi connectivity index (χ4v) is 2.70. The molecule has 18 heavy (non-hydrogen) atoms. The highest BCUT2D eigenvalue weighted by Gasteiger charge is 2.31. The fourth-order valence-electron chi connectivity index (χ4n) is 2.09. The van der Waals surface area contributed by atoms with E-state index >= 15 is 0 Å². The van der Waals surface area contributed by atoms with E-state index in [4.69, 9.17) is 4.74 Å². The van der Waals surface area contributed by atoms with E-state index in [1.54, 1.807) is 5.51 Å². The number of aromatic nitrogens is 1. The second-order valence-corrected chi connectivity index (χ2v) is 5.06. The van der Waals surface area contributed by atoms with Crippen molar-refractivity contribution in [3.8, 4) is 11.5 Å². The predicted octanol–water partition coefficient (Wildman–Crippen LogP) is 2.40. The highest BCUT2D eigenvalue weighted by atomic mass is 32.1. The van der Waals surface area contributed by atoms with Gasteiger partial charge in [-0.1, -0.05) is 0 Å². The van der Waals surface area contributed by atoms with Gasteiger partial charge < -0.3 is 9.84 Å². The normalized spacial score (nSPS) is 18.3. The standard InChI is InChI=1S/C13H11NO3S/c1-7-2-8-3-9(10-5-18-6-14-10)13(16)17-12(8)4-11(7)15/h2,4-6,9,15H,3H2,1H3. The Bertz CT molecular complexity index is 607. The molecule has 1 unspecified atom stereocenters. The Labute approximate surface area is 108 Å². The van der Waals surface area contributed by atoms with Gasteiger partial charge in [-0.25, -0.2) is 4.98 Å². The summed E-state index contributed by atoms with van der Waals surface area (Å²) in [5.41, 5.74) is 4.17. The van der Waals surface area contributed by atoms with Gasteiger partial charge in [0.15, 0.2) is 0 Å². The number of phenols is 1. The summed E-state index contributed by atoms with van der Waals surface area (Å²) in [6, 6.07) is 3.36. The largest absolute Gasteiger partial charge is 0.508 e. The van der Waals surface area contributed by atoms with E-state index in [0.717, 1.165) is 16.8 Å². The minimum absolute atomic E-state index is 0.147. The lowest BCUT2D eigenvalue weighted by molar-refractivity contribution is -0.137. The number of hydrogen-bond donors (Lipinski definition) is 1. The first-order valence-corrected chi connectivity index (χ1v) is 6.51. The summed E-state index contributed by atoms with van der Waals surface area (Å²) >= 11 is 1.46. The SMILES string of the molecule is Cc1cc2c(cc1O)OC(=O)C(c1cscn1)C2. The van der Waals surface area contributed by atoms with Gasteiger partial charge in [-0.05, 0) is 30.5 Å². The minimum atomic E-state index is -0.340. The Hall–Kier alpha value is -1.88. The summed E-state index contributed by atoms with van der Waals surface area (Å²) in [6.07, 6.45) is 0.568. The molecule has 0 radical (unpaired) electrons. The van der Waals surface area contributed by atoms with Crippen molar-refractivity contribution >= 4 is 17.3 Å². The van der Waals surface area contributed by atoms with Crippen molar-refractivity contribution in [2.45, 2.75) is 19.3 Å². The number of carbonyl (C=O) groups is 1. The van der Waals surface area contributed by atoms with E-state index in [9.17, 15) is 9.90 Å². The molecule has 0 saturated heterocycles. The van der Waals surface area contributed by atoms with Gasteiger partial charge in [0.25, 0.3) is 0 Å². The van der Waals surface area contributed by atoms with Gasteiger partial charge in [-0.15, -0.1) is 11.3 Å². The lowest BCUT2D eigenvalue weighted by atomic mass is 9.93. The number of thiazole rings is 1. The average Bonchev–Trinajstić information content (AvgIpc) is 2.84. The van der Waals surface area contributed by atoms with Crippen molar-refractivity contribution in [2.24, 2.45) is 0 Å². The highest BCUT2D eigenvalue weighted by Crippen LogP contribution is 2.36. The van der Waals surface area contributed by atoms with E-state index in [1.165, 1.54) is 17.4 Å².